The predicted octanol–water partition coefficient (Wildman–Crippen LogP) is 2.73. The van der Waals surface area contributed by atoms with E-state index in [1.807, 2.05) is 23.1 Å². The monoisotopic (exact) mass is 330 g/mol. The van der Waals surface area contributed by atoms with E-state index in [1.54, 1.807) is 0 Å². The molecule has 24 heavy (non-hydrogen) atoms. The lowest BCUT2D eigenvalue weighted by molar-refractivity contribution is -0.0731. The molecule has 0 aromatic heterocycles. The molecule has 132 valence electrons. The Morgan fingerprint density at radius 3 is 2.83 bits per heavy atom. The van der Waals surface area contributed by atoms with E-state index < -0.39 is 0 Å². The van der Waals surface area contributed by atoms with Gasteiger partial charge in [0.2, 0.25) is 0 Å². The van der Waals surface area contributed by atoms with Crippen LogP contribution in [0.4, 0.5) is 0 Å². The summed E-state index contributed by atoms with van der Waals surface area (Å²) in [4.78, 5) is 17.3. The van der Waals surface area contributed by atoms with Crippen molar-refractivity contribution < 1.29 is 9.90 Å². The van der Waals surface area contributed by atoms with Crippen molar-refractivity contribution in [3.63, 3.8) is 0 Å². The van der Waals surface area contributed by atoms with Gasteiger partial charge in [-0.1, -0.05) is 26.0 Å². The van der Waals surface area contributed by atoms with Gasteiger partial charge in [-0.25, -0.2) is 0 Å². The van der Waals surface area contributed by atoms with E-state index in [-0.39, 0.29) is 17.4 Å². The highest BCUT2D eigenvalue weighted by atomic mass is 16.3. The van der Waals surface area contributed by atoms with Gasteiger partial charge in [-0.05, 0) is 49.9 Å². The van der Waals surface area contributed by atoms with Crippen LogP contribution in [0.5, 0.6) is 0 Å². The summed E-state index contributed by atoms with van der Waals surface area (Å²) in [7, 11) is 2.11. The van der Waals surface area contributed by atoms with Gasteiger partial charge in [0.25, 0.3) is 5.91 Å². The Balaban J connectivity index is 1.79. The lowest BCUT2D eigenvalue weighted by Crippen LogP contribution is -2.59. The maximum atomic E-state index is 13.0. The van der Waals surface area contributed by atoms with E-state index in [4.69, 9.17) is 0 Å². The van der Waals surface area contributed by atoms with Crippen LogP contribution in [0, 0.1) is 5.41 Å². The smallest absolute Gasteiger partial charge is 0.253 e. The number of likely N-dealkylation sites (tertiary alicyclic amines) is 2. The van der Waals surface area contributed by atoms with Gasteiger partial charge >= 0.3 is 0 Å². The first kappa shape index (κ1) is 17.4. The summed E-state index contributed by atoms with van der Waals surface area (Å²) in [5.41, 5.74) is 1.82. The third-order valence-electron chi connectivity index (χ3n) is 5.77. The largest absolute Gasteiger partial charge is 0.392 e. The van der Waals surface area contributed by atoms with Crippen LogP contribution in [0.2, 0.25) is 0 Å². The molecular formula is C20H30N2O2. The first-order valence-electron chi connectivity index (χ1n) is 9.17. The normalized spacial score (nSPS) is 28.5. The molecule has 3 rings (SSSR count). The van der Waals surface area contributed by atoms with Crippen molar-refractivity contribution in [2.45, 2.75) is 45.1 Å². The van der Waals surface area contributed by atoms with Crippen LogP contribution < -0.4 is 0 Å². The first-order valence-corrected chi connectivity index (χ1v) is 9.17. The Kier molecular flexibility index (Phi) is 4.97. The molecule has 2 atom stereocenters. The van der Waals surface area contributed by atoms with Gasteiger partial charge in [-0.15, -0.1) is 0 Å². The van der Waals surface area contributed by atoms with Crippen LogP contribution >= 0.6 is 0 Å². The van der Waals surface area contributed by atoms with Crippen LogP contribution in [-0.2, 0) is 0 Å². The third kappa shape index (κ3) is 3.35. The Morgan fingerprint density at radius 2 is 2.08 bits per heavy atom. The second-order valence-electron chi connectivity index (χ2n) is 8.02. The summed E-state index contributed by atoms with van der Waals surface area (Å²) in [6.45, 7) is 7.57. The third-order valence-corrected chi connectivity index (χ3v) is 5.77. The molecule has 0 saturated carbocycles. The average Bonchev–Trinajstić information content (AvgIpc) is 2.58. The fourth-order valence-corrected chi connectivity index (χ4v) is 4.32. The summed E-state index contributed by atoms with van der Waals surface area (Å²) in [5.74, 6) is 0.524. The molecule has 0 aliphatic carbocycles. The highest BCUT2D eigenvalue weighted by Crippen LogP contribution is 2.38. The predicted molar refractivity (Wildman–Crippen MR) is 96.2 cm³/mol. The van der Waals surface area contributed by atoms with Crippen molar-refractivity contribution in [1.29, 1.82) is 0 Å². The highest BCUT2D eigenvalue weighted by Gasteiger charge is 2.45. The van der Waals surface area contributed by atoms with Crippen molar-refractivity contribution in [3.8, 4) is 0 Å². The van der Waals surface area contributed by atoms with Crippen LogP contribution in [-0.4, -0.2) is 60.1 Å². The molecule has 0 radical (unpaired) electrons. The summed E-state index contributed by atoms with van der Waals surface area (Å²) < 4.78 is 0. The lowest BCUT2D eigenvalue weighted by Gasteiger charge is -2.50. The van der Waals surface area contributed by atoms with Crippen molar-refractivity contribution >= 4 is 5.91 Å². The Morgan fingerprint density at radius 1 is 1.29 bits per heavy atom. The molecule has 2 saturated heterocycles. The molecule has 2 aliphatic rings. The van der Waals surface area contributed by atoms with Crippen LogP contribution in [0.25, 0.3) is 0 Å². The number of aliphatic hydroxyl groups excluding tert-OH is 1. The number of rotatable bonds is 2. The fraction of sp³-hybridized carbons (Fsp3) is 0.650. The van der Waals surface area contributed by atoms with E-state index in [1.165, 1.54) is 5.56 Å². The minimum absolute atomic E-state index is 0.108. The van der Waals surface area contributed by atoms with E-state index in [9.17, 15) is 9.90 Å². The minimum atomic E-state index is -0.300. The van der Waals surface area contributed by atoms with Crippen molar-refractivity contribution in [2.75, 3.05) is 33.2 Å². The minimum Gasteiger partial charge on any atom is -0.392 e. The summed E-state index contributed by atoms with van der Waals surface area (Å²) in [6.07, 6.45) is 2.49. The number of aliphatic hydroxyl groups is 1. The summed E-state index contributed by atoms with van der Waals surface area (Å²) in [6, 6.07) is 8.00. The van der Waals surface area contributed by atoms with Gasteiger partial charge in [0.15, 0.2) is 0 Å². The van der Waals surface area contributed by atoms with Gasteiger partial charge < -0.3 is 14.9 Å². The zero-order valence-electron chi connectivity index (χ0n) is 15.2. The van der Waals surface area contributed by atoms with Gasteiger partial charge in [0, 0.05) is 37.2 Å². The highest BCUT2D eigenvalue weighted by molar-refractivity contribution is 5.94. The number of piperidine rings is 2. The van der Waals surface area contributed by atoms with Crippen molar-refractivity contribution in [2.24, 2.45) is 5.41 Å². The van der Waals surface area contributed by atoms with Crippen LogP contribution in [0.3, 0.4) is 0 Å². The molecule has 2 heterocycles. The Hall–Kier alpha value is -1.39. The van der Waals surface area contributed by atoms with E-state index >= 15 is 0 Å². The maximum Gasteiger partial charge on any atom is 0.253 e. The van der Waals surface area contributed by atoms with E-state index in [0.717, 1.165) is 44.5 Å². The molecule has 1 aromatic rings. The molecule has 4 heteroatoms. The van der Waals surface area contributed by atoms with Gasteiger partial charge in [0.1, 0.15) is 0 Å². The van der Waals surface area contributed by atoms with E-state index in [0.29, 0.717) is 12.5 Å². The topological polar surface area (TPSA) is 43.8 Å². The SMILES string of the molecule is CC(C)c1cccc(C(=O)N2CCC[C@]3(CN(C)CC[C@@H]3O)C2)c1. The quantitative estimate of drug-likeness (QED) is 0.907. The Labute approximate surface area is 145 Å². The number of hydrogen-bond acceptors (Lipinski definition) is 3. The summed E-state index contributed by atoms with van der Waals surface area (Å²) >= 11 is 0. The van der Waals surface area contributed by atoms with Crippen LogP contribution in [0.15, 0.2) is 24.3 Å². The number of benzene rings is 1. The van der Waals surface area contributed by atoms with Gasteiger partial charge in [0.05, 0.1) is 6.10 Å². The average molecular weight is 330 g/mol. The molecular weight excluding hydrogens is 300 g/mol. The molecule has 1 amide bonds. The van der Waals surface area contributed by atoms with Crippen molar-refractivity contribution in [1.82, 2.24) is 9.80 Å². The molecule has 4 nitrogen and oxygen atoms in total. The maximum absolute atomic E-state index is 13.0. The molecule has 0 unspecified atom stereocenters. The molecule has 1 N–H and O–H groups in total. The fourth-order valence-electron chi connectivity index (χ4n) is 4.32. The zero-order valence-corrected chi connectivity index (χ0v) is 15.2. The second-order valence-corrected chi connectivity index (χ2v) is 8.02. The number of amides is 1. The Bertz CT molecular complexity index is 601. The number of hydrogen-bond donors (Lipinski definition) is 1. The molecule has 0 bridgehead atoms. The van der Waals surface area contributed by atoms with Crippen molar-refractivity contribution in [3.05, 3.63) is 35.4 Å². The molecule has 2 aliphatic heterocycles. The molecule has 1 spiro atoms. The molecule has 2 fully saturated rings. The van der Waals surface area contributed by atoms with Gasteiger partial charge in [-0.3, -0.25) is 4.79 Å². The first-order chi connectivity index (χ1) is 11.4. The summed E-state index contributed by atoms with van der Waals surface area (Å²) in [5, 5.41) is 10.6. The van der Waals surface area contributed by atoms with E-state index in [2.05, 4.69) is 31.9 Å². The number of nitrogens with zero attached hydrogens (tertiary/aromatic N) is 2. The molecule has 1 aromatic carbocycles. The lowest BCUT2D eigenvalue weighted by atomic mass is 9.71. The second kappa shape index (κ2) is 6.85. The zero-order chi connectivity index (χ0) is 17.3. The van der Waals surface area contributed by atoms with Gasteiger partial charge in [-0.2, -0.15) is 0 Å². The van der Waals surface area contributed by atoms with Crippen LogP contribution in [0.1, 0.15) is 54.9 Å². The number of carbonyl (C=O) groups excluding carboxylic acids is 1. The number of carbonyl (C=O) groups is 1. The standard InChI is InChI=1S/C20H30N2O2/c1-15(2)16-6-4-7-17(12-16)19(24)22-10-5-9-20(14-22)13-21(3)11-8-18(20)23/h4,6-7,12,15,18,23H,5,8-11,13-14H2,1-3H3/t18-,20-/m0/s1.